The van der Waals surface area contributed by atoms with Crippen molar-refractivity contribution in [2.75, 3.05) is 13.1 Å². The molecule has 2 N–H and O–H groups in total. The first kappa shape index (κ1) is 17.4. The molecule has 3 nitrogen and oxygen atoms in total. The van der Waals surface area contributed by atoms with Gasteiger partial charge in [-0.05, 0) is 55.6 Å². The number of hydrogen-bond donors (Lipinski definition) is 2. The zero-order chi connectivity index (χ0) is 13.7. The van der Waals surface area contributed by atoms with Gasteiger partial charge < -0.3 is 10.6 Å². The number of hydrogen-bond acceptors (Lipinski definition) is 2. The lowest BCUT2D eigenvalue weighted by Gasteiger charge is -2.22. The average Bonchev–Trinajstić information content (AvgIpc) is 2.41. The number of carbonyl (C=O) groups is 1. The largest absolute Gasteiger partial charge is 0.352 e. The fourth-order valence-corrected chi connectivity index (χ4v) is 2.68. The Labute approximate surface area is 133 Å². The average molecular weight is 366 g/mol. The molecule has 0 atom stereocenters. The second-order valence-electron chi connectivity index (χ2n) is 4.91. The number of carbonyl (C=O) groups excluding carboxylic acids is 1. The molecule has 1 aliphatic heterocycles. The highest BCUT2D eigenvalue weighted by Gasteiger charge is 2.16. The van der Waals surface area contributed by atoms with Crippen molar-refractivity contribution in [1.82, 2.24) is 10.6 Å². The topological polar surface area (TPSA) is 41.1 Å². The van der Waals surface area contributed by atoms with Crippen LogP contribution < -0.4 is 10.6 Å². The lowest BCUT2D eigenvalue weighted by Crippen LogP contribution is -2.32. The highest BCUT2D eigenvalue weighted by atomic mass is 79.9. The Morgan fingerprint density at radius 1 is 1.40 bits per heavy atom. The van der Waals surface area contributed by atoms with Crippen LogP contribution in [0.25, 0.3) is 0 Å². The maximum Gasteiger partial charge on any atom is 0.220 e. The summed E-state index contributed by atoms with van der Waals surface area (Å²) in [7, 11) is 0. The van der Waals surface area contributed by atoms with Crippen molar-refractivity contribution < 1.29 is 9.18 Å². The Balaban J connectivity index is 0.00000200. The van der Waals surface area contributed by atoms with Crippen molar-refractivity contribution in [2.24, 2.45) is 5.92 Å². The summed E-state index contributed by atoms with van der Waals surface area (Å²) in [5, 5.41) is 6.14. The SMILES string of the molecule is Cl.O=C(CC1CCNCC1)NCc1cc(F)ccc1Br. The second-order valence-corrected chi connectivity index (χ2v) is 5.76. The number of nitrogens with one attached hydrogen (secondary N) is 2. The first-order chi connectivity index (χ1) is 9.15. The summed E-state index contributed by atoms with van der Waals surface area (Å²) in [5.74, 6) is 0.228. The number of benzene rings is 1. The van der Waals surface area contributed by atoms with Crippen molar-refractivity contribution in [2.45, 2.75) is 25.8 Å². The third-order valence-electron chi connectivity index (χ3n) is 3.42. The molecule has 0 unspecified atom stereocenters. The van der Waals surface area contributed by atoms with E-state index in [9.17, 15) is 9.18 Å². The lowest BCUT2D eigenvalue weighted by atomic mass is 9.94. The van der Waals surface area contributed by atoms with Crippen LogP contribution in [0.3, 0.4) is 0 Å². The number of halogens is 3. The Kier molecular flexibility index (Phi) is 7.48. The fraction of sp³-hybridized carbons (Fsp3) is 0.500. The van der Waals surface area contributed by atoms with E-state index in [0.717, 1.165) is 36.0 Å². The van der Waals surface area contributed by atoms with Gasteiger partial charge >= 0.3 is 0 Å². The smallest absolute Gasteiger partial charge is 0.220 e. The second kappa shape index (κ2) is 8.60. The van der Waals surface area contributed by atoms with E-state index in [1.54, 1.807) is 6.07 Å². The fourth-order valence-electron chi connectivity index (χ4n) is 2.29. The van der Waals surface area contributed by atoms with E-state index in [1.807, 2.05) is 0 Å². The molecule has 1 heterocycles. The van der Waals surface area contributed by atoms with Crippen LogP contribution >= 0.6 is 28.3 Å². The van der Waals surface area contributed by atoms with E-state index in [0.29, 0.717) is 18.9 Å². The van der Waals surface area contributed by atoms with Crippen LogP contribution in [0.15, 0.2) is 22.7 Å². The van der Waals surface area contributed by atoms with Crippen LogP contribution in [0.2, 0.25) is 0 Å². The van der Waals surface area contributed by atoms with E-state index in [1.165, 1.54) is 12.1 Å². The molecule has 0 aromatic heterocycles. The summed E-state index contributed by atoms with van der Waals surface area (Å²) in [4.78, 5) is 11.8. The molecule has 112 valence electrons. The predicted molar refractivity (Wildman–Crippen MR) is 83.4 cm³/mol. The molecular formula is C14H19BrClFN2O. The summed E-state index contributed by atoms with van der Waals surface area (Å²) >= 11 is 3.35. The van der Waals surface area contributed by atoms with Gasteiger partial charge in [0.15, 0.2) is 0 Å². The van der Waals surface area contributed by atoms with Gasteiger partial charge in [-0.25, -0.2) is 4.39 Å². The van der Waals surface area contributed by atoms with Crippen molar-refractivity contribution in [3.63, 3.8) is 0 Å². The van der Waals surface area contributed by atoms with Gasteiger partial charge in [-0.2, -0.15) is 0 Å². The van der Waals surface area contributed by atoms with Crippen molar-refractivity contribution in [3.8, 4) is 0 Å². The molecule has 1 amide bonds. The van der Waals surface area contributed by atoms with Crippen LogP contribution in [0, 0.1) is 11.7 Å². The first-order valence-corrected chi connectivity index (χ1v) is 7.36. The Hall–Kier alpha value is -0.650. The molecule has 0 spiro atoms. The van der Waals surface area contributed by atoms with Gasteiger partial charge in [0.05, 0.1) is 0 Å². The minimum atomic E-state index is -0.286. The van der Waals surface area contributed by atoms with Gasteiger partial charge in [0.2, 0.25) is 5.91 Å². The van der Waals surface area contributed by atoms with Crippen molar-refractivity contribution in [1.29, 1.82) is 0 Å². The van der Waals surface area contributed by atoms with Gasteiger partial charge in [-0.15, -0.1) is 12.4 Å². The monoisotopic (exact) mass is 364 g/mol. The number of rotatable bonds is 4. The van der Waals surface area contributed by atoms with Crippen LogP contribution in [-0.2, 0) is 11.3 Å². The van der Waals surface area contributed by atoms with E-state index in [-0.39, 0.29) is 24.1 Å². The Morgan fingerprint density at radius 3 is 2.80 bits per heavy atom. The Bertz CT molecular complexity index is 453. The molecule has 1 fully saturated rings. The molecule has 20 heavy (non-hydrogen) atoms. The lowest BCUT2D eigenvalue weighted by molar-refractivity contribution is -0.122. The molecule has 0 radical (unpaired) electrons. The molecule has 0 saturated carbocycles. The molecule has 1 aromatic carbocycles. The van der Waals surface area contributed by atoms with Crippen LogP contribution in [0.4, 0.5) is 4.39 Å². The molecule has 1 aliphatic rings. The quantitative estimate of drug-likeness (QED) is 0.861. The van der Waals surface area contributed by atoms with Crippen LogP contribution in [0.1, 0.15) is 24.8 Å². The van der Waals surface area contributed by atoms with Gasteiger partial charge in [-0.1, -0.05) is 15.9 Å². The first-order valence-electron chi connectivity index (χ1n) is 6.56. The van der Waals surface area contributed by atoms with Crippen LogP contribution in [0.5, 0.6) is 0 Å². The van der Waals surface area contributed by atoms with E-state index in [4.69, 9.17) is 0 Å². The minimum absolute atomic E-state index is 0. The van der Waals surface area contributed by atoms with Gasteiger partial charge in [0.25, 0.3) is 0 Å². The molecule has 1 aromatic rings. The summed E-state index contributed by atoms with van der Waals surface area (Å²) in [6.45, 7) is 2.35. The highest BCUT2D eigenvalue weighted by Crippen LogP contribution is 2.18. The molecule has 6 heteroatoms. The molecular weight excluding hydrogens is 347 g/mol. The van der Waals surface area contributed by atoms with Crippen molar-refractivity contribution >= 4 is 34.2 Å². The molecule has 0 aliphatic carbocycles. The van der Waals surface area contributed by atoms with Crippen LogP contribution in [-0.4, -0.2) is 19.0 Å². The summed E-state index contributed by atoms with van der Waals surface area (Å²) in [5.41, 5.74) is 0.763. The Morgan fingerprint density at radius 2 is 2.10 bits per heavy atom. The standard InChI is InChI=1S/C14H18BrFN2O.ClH/c15-13-2-1-12(16)8-11(13)9-18-14(19)7-10-3-5-17-6-4-10;/h1-2,8,10,17H,3-7,9H2,(H,18,19);1H. The molecule has 0 bridgehead atoms. The summed E-state index contributed by atoms with van der Waals surface area (Å²) < 4.78 is 13.9. The normalized spacial score (nSPS) is 15.5. The maximum absolute atomic E-state index is 13.1. The predicted octanol–water partition coefficient (Wildman–Crippen LogP) is 3.02. The minimum Gasteiger partial charge on any atom is -0.352 e. The zero-order valence-electron chi connectivity index (χ0n) is 11.1. The number of amides is 1. The van der Waals surface area contributed by atoms with E-state index in [2.05, 4.69) is 26.6 Å². The third kappa shape index (κ3) is 5.38. The summed E-state index contributed by atoms with van der Waals surface area (Å²) in [6.07, 6.45) is 2.67. The summed E-state index contributed by atoms with van der Waals surface area (Å²) in [6, 6.07) is 4.49. The maximum atomic E-state index is 13.1. The van der Waals surface area contributed by atoms with Gasteiger partial charge in [0, 0.05) is 17.4 Å². The molecule has 2 rings (SSSR count). The molecule has 1 saturated heterocycles. The number of piperidine rings is 1. The third-order valence-corrected chi connectivity index (χ3v) is 4.19. The highest BCUT2D eigenvalue weighted by molar-refractivity contribution is 9.10. The van der Waals surface area contributed by atoms with Gasteiger partial charge in [-0.3, -0.25) is 4.79 Å². The van der Waals surface area contributed by atoms with E-state index < -0.39 is 0 Å². The van der Waals surface area contributed by atoms with Gasteiger partial charge in [0.1, 0.15) is 5.82 Å². The van der Waals surface area contributed by atoms with Crippen molar-refractivity contribution in [3.05, 3.63) is 34.1 Å². The van der Waals surface area contributed by atoms with E-state index >= 15 is 0 Å². The zero-order valence-corrected chi connectivity index (χ0v) is 13.5.